The summed E-state index contributed by atoms with van der Waals surface area (Å²) in [6, 6.07) is 1.95. The van der Waals surface area contributed by atoms with Gasteiger partial charge in [-0.25, -0.2) is 0 Å². The van der Waals surface area contributed by atoms with Gasteiger partial charge >= 0.3 is 0 Å². The van der Waals surface area contributed by atoms with E-state index >= 15 is 0 Å². The van der Waals surface area contributed by atoms with Gasteiger partial charge in [0.15, 0.2) is 0 Å². The van der Waals surface area contributed by atoms with Crippen molar-refractivity contribution < 1.29 is 0 Å². The van der Waals surface area contributed by atoms with Crippen molar-refractivity contribution >= 4 is 17.3 Å². The second-order valence-corrected chi connectivity index (χ2v) is 2.92. The van der Waals surface area contributed by atoms with Crippen LogP contribution in [0, 0.1) is 0 Å². The first-order valence-electron chi connectivity index (χ1n) is 3.99. The maximum atomic E-state index is 5.78. The van der Waals surface area contributed by atoms with E-state index in [4.69, 9.17) is 11.6 Å². The van der Waals surface area contributed by atoms with Crippen molar-refractivity contribution in [1.82, 2.24) is 4.98 Å². The van der Waals surface area contributed by atoms with Gasteiger partial charge in [0.05, 0.1) is 11.9 Å². The van der Waals surface area contributed by atoms with Gasteiger partial charge in [-0.3, -0.25) is 4.98 Å². The van der Waals surface area contributed by atoms with E-state index in [9.17, 15) is 0 Å². The van der Waals surface area contributed by atoms with Gasteiger partial charge in [-0.05, 0) is 18.6 Å². The molecule has 0 unspecified atom stereocenters. The monoisotopic (exact) mass is 184 g/mol. The number of nitrogens with zero attached hydrogens (tertiary/aromatic N) is 2. The number of hydrogen-bond donors (Lipinski definition) is 0. The molecule has 1 aromatic heterocycles. The first kappa shape index (κ1) is 9.33. The summed E-state index contributed by atoms with van der Waals surface area (Å²) in [7, 11) is 2.03. The van der Waals surface area contributed by atoms with Crippen molar-refractivity contribution in [2.45, 2.75) is 12.8 Å². The summed E-state index contributed by atoms with van der Waals surface area (Å²) < 4.78 is 0. The minimum absolute atomic E-state index is 0.544. The molecule has 0 aliphatic heterocycles. The number of alkyl halides is 1. The van der Waals surface area contributed by atoms with E-state index in [1.165, 1.54) is 0 Å². The molecular formula is C9H13ClN2. The molecule has 0 bridgehead atoms. The van der Waals surface area contributed by atoms with Crippen LogP contribution in [0.5, 0.6) is 0 Å². The molecule has 0 fully saturated rings. The maximum absolute atomic E-state index is 5.78. The van der Waals surface area contributed by atoms with Crippen LogP contribution in [0.1, 0.15) is 12.5 Å². The molecule has 0 saturated carbocycles. The number of pyridine rings is 1. The van der Waals surface area contributed by atoms with Crippen LogP contribution in [-0.2, 0) is 5.88 Å². The van der Waals surface area contributed by atoms with E-state index in [0.29, 0.717) is 5.88 Å². The largest absolute Gasteiger partial charge is 0.373 e. The quantitative estimate of drug-likeness (QED) is 0.671. The van der Waals surface area contributed by atoms with Gasteiger partial charge in [-0.15, -0.1) is 11.6 Å². The Labute approximate surface area is 78.2 Å². The van der Waals surface area contributed by atoms with E-state index < -0.39 is 0 Å². The molecule has 0 aliphatic rings. The molecule has 0 saturated heterocycles. The van der Waals surface area contributed by atoms with Crippen molar-refractivity contribution in [3.63, 3.8) is 0 Å². The molecule has 1 heterocycles. The molecule has 0 amide bonds. The zero-order valence-corrected chi connectivity index (χ0v) is 8.17. The third-order valence-corrected chi connectivity index (χ3v) is 2.21. The van der Waals surface area contributed by atoms with Crippen LogP contribution in [0.3, 0.4) is 0 Å². The fourth-order valence-corrected chi connectivity index (χ4v) is 1.27. The summed E-state index contributed by atoms with van der Waals surface area (Å²) >= 11 is 5.78. The Morgan fingerprint density at radius 3 is 2.92 bits per heavy atom. The molecule has 2 nitrogen and oxygen atoms in total. The summed E-state index contributed by atoms with van der Waals surface area (Å²) in [5.74, 6) is 0.544. The molecule has 0 radical (unpaired) electrons. The molecule has 0 spiro atoms. The van der Waals surface area contributed by atoms with Gasteiger partial charge in [0.25, 0.3) is 0 Å². The highest BCUT2D eigenvalue weighted by molar-refractivity contribution is 6.17. The van der Waals surface area contributed by atoms with Crippen molar-refractivity contribution in [2.24, 2.45) is 0 Å². The van der Waals surface area contributed by atoms with Crippen LogP contribution >= 0.6 is 11.6 Å². The van der Waals surface area contributed by atoms with Gasteiger partial charge in [-0.1, -0.05) is 0 Å². The van der Waals surface area contributed by atoms with Crippen LogP contribution in [0.4, 0.5) is 5.69 Å². The number of anilines is 1. The number of hydrogen-bond acceptors (Lipinski definition) is 2. The third-order valence-electron chi connectivity index (χ3n) is 1.92. The third kappa shape index (κ3) is 1.89. The lowest BCUT2D eigenvalue weighted by Gasteiger charge is -2.18. The Kier molecular flexibility index (Phi) is 3.35. The summed E-state index contributed by atoms with van der Waals surface area (Å²) in [5.41, 5.74) is 2.26. The van der Waals surface area contributed by atoms with Crippen molar-refractivity contribution in [1.29, 1.82) is 0 Å². The number of aromatic nitrogens is 1. The van der Waals surface area contributed by atoms with Crippen molar-refractivity contribution in [3.8, 4) is 0 Å². The Bertz CT molecular complexity index is 250. The zero-order valence-electron chi connectivity index (χ0n) is 7.42. The lowest BCUT2D eigenvalue weighted by molar-refractivity contribution is 0.951. The van der Waals surface area contributed by atoms with E-state index in [1.807, 2.05) is 19.3 Å². The highest BCUT2D eigenvalue weighted by atomic mass is 35.5. The first-order chi connectivity index (χ1) is 5.79. The highest BCUT2D eigenvalue weighted by Crippen LogP contribution is 2.18. The van der Waals surface area contributed by atoms with Crippen LogP contribution in [0.15, 0.2) is 18.5 Å². The molecular weight excluding hydrogens is 172 g/mol. The van der Waals surface area contributed by atoms with E-state index in [0.717, 1.165) is 17.8 Å². The van der Waals surface area contributed by atoms with Crippen LogP contribution in [-0.4, -0.2) is 18.6 Å². The second kappa shape index (κ2) is 4.31. The predicted octanol–water partition coefficient (Wildman–Crippen LogP) is 2.28. The van der Waals surface area contributed by atoms with Gasteiger partial charge in [0.1, 0.15) is 0 Å². The molecule has 0 aliphatic carbocycles. The second-order valence-electron chi connectivity index (χ2n) is 2.65. The summed E-state index contributed by atoms with van der Waals surface area (Å²) in [5, 5.41) is 0. The Morgan fingerprint density at radius 1 is 1.58 bits per heavy atom. The fraction of sp³-hybridized carbons (Fsp3) is 0.444. The number of halogens is 1. The molecule has 12 heavy (non-hydrogen) atoms. The summed E-state index contributed by atoms with van der Waals surface area (Å²) in [6.45, 7) is 3.07. The molecule has 1 rings (SSSR count). The SMILES string of the molecule is CCN(C)c1cnccc1CCl. The Hall–Kier alpha value is -0.760. The van der Waals surface area contributed by atoms with Gasteiger partial charge < -0.3 is 4.90 Å². The summed E-state index contributed by atoms with van der Waals surface area (Å²) in [4.78, 5) is 6.19. The van der Waals surface area contributed by atoms with Crippen LogP contribution in [0.25, 0.3) is 0 Å². The molecule has 0 N–H and O–H groups in total. The Morgan fingerprint density at radius 2 is 2.33 bits per heavy atom. The van der Waals surface area contributed by atoms with Crippen molar-refractivity contribution in [3.05, 3.63) is 24.0 Å². The topological polar surface area (TPSA) is 16.1 Å². The van der Waals surface area contributed by atoms with E-state index in [1.54, 1.807) is 6.20 Å². The molecule has 66 valence electrons. The van der Waals surface area contributed by atoms with E-state index in [-0.39, 0.29) is 0 Å². The normalized spacial score (nSPS) is 9.92. The maximum Gasteiger partial charge on any atom is 0.0594 e. The first-order valence-corrected chi connectivity index (χ1v) is 4.53. The standard InChI is InChI=1S/C9H13ClN2/c1-3-12(2)9-7-11-5-4-8(9)6-10/h4-5,7H,3,6H2,1-2H3. The molecule has 1 aromatic rings. The van der Waals surface area contributed by atoms with Crippen molar-refractivity contribution in [2.75, 3.05) is 18.5 Å². The van der Waals surface area contributed by atoms with E-state index in [2.05, 4.69) is 16.8 Å². The predicted molar refractivity (Wildman–Crippen MR) is 52.7 cm³/mol. The molecule has 0 aromatic carbocycles. The summed E-state index contributed by atoms with van der Waals surface area (Å²) in [6.07, 6.45) is 3.62. The average Bonchev–Trinajstić information content (AvgIpc) is 2.16. The molecule has 3 heteroatoms. The highest BCUT2D eigenvalue weighted by Gasteiger charge is 2.03. The smallest absolute Gasteiger partial charge is 0.0594 e. The number of rotatable bonds is 3. The van der Waals surface area contributed by atoms with Gasteiger partial charge in [0, 0.05) is 25.7 Å². The average molecular weight is 185 g/mol. The lowest BCUT2D eigenvalue weighted by Crippen LogP contribution is -2.17. The minimum Gasteiger partial charge on any atom is -0.373 e. The van der Waals surface area contributed by atoms with Gasteiger partial charge in [0.2, 0.25) is 0 Å². The fourth-order valence-electron chi connectivity index (χ4n) is 1.04. The Balaban J connectivity index is 2.96. The van der Waals surface area contributed by atoms with Crippen LogP contribution < -0.4 is 4.90 Å². The van der Waals surface area contributed by atoms with Gasteiger partial charge in [-0.2, -0.15) is 0 Å². The lowest BCUT2D eigenvalue weighted by atomic mass is 10.2. The van der Waals surface area contributed by atoms with Crippen LogP contribution in [0.2, 0.25) is 0 Å². The molecule has 0 atom stereocenters. The zero-order chi connectivity index (χ0) is 8.97. The minimum atomic E-state index is 0.544.